The van der Waals surface area contributed by atoms with Crippen LogP contribution < -0.4 is 5.73 Å². The van der Waals surface area contributed by atoms with E-state index in [1.165, 1.54) is 0 Å². The van der Waals surface area contributed by atoms with Crippen LogP contribution in [-0.2, 0) is 17.8 Å². The van der Waals surface area contributed by atoms with Gasteiger partial charge in [0.1, 0.15) is 5.82 Å². The second-order valence-corrected chi connectivity index (χ2v) is 4.92. The van der Waals surface area contributed by atoms with Crippen molar-refractivity contribution in [3.8, 4) is 5.69 Å². The normalized spacial score (nSPS) is 14.6. The highest BCUT2D eigenvalue weighted by molar-refractivity contribution is 9.10. The van der Waals surface area contributed by atoms with Crippen molar-refractivity contribution in [3.05, 3.63) is 40.0 Å². The van der Waals surface area contributed by atoms with E-state index in [0.717, 1.165) is 34.4 Å². The maximum Gasteiger partial charge on any atom is 0.149 e. The Kier molecular flexibility index (Phi) is 2.64. The maximum atomic E-state index is 5.94. The van der Waals surface area contributed by atoms with Gasteiger partial charge in [0.05, 0.1) is 24.6 Å². The average Bonchev–Trinajstić information content (AvgIpc) is 2.68. The van der Waals surface area contributed by atoms with Gasteiger partial charge in [-0.25, -0.2) is 4.68 Å². The number of hydrogen-bond donors (Lipinski definition) is 1. The van der Waals surface area contributed by atoms with Crippen molar-refractivity contribution in [2.45, 2.75) is 13.0 Å². The second-order valence-electron chi connectivity index (χ2n) is 4.00. The summed E-state index contributed by atoms with van der Waals surface area (Å²) in [4.78, 5) is 0. The largest absolute Gasteiger partial charge is 0.382 e. The van der Waals surface area contributed by atoms with E-state index in [4.69, 9.17) is 10.5 Å². The van der Waals surface area contributed by atoms with Crippen LogP contribution in [0.15, 0.2) is 28.7 Å². The van der Waals surface area contributed by atoms with Gasteiger partial charge in [-0.05, 0) is 18.2 Å². The zero-order chi connectivity index (χ0) is 11.8. The summed E-state index contributed by atoms with van der Waals surface area (Å²) in [7, 11) is 0. The molecule has 0 radical (unpaired) electrons. The molecule has 0 aliphatic carbocycles. The number of ether oxygens (including phenoxy) is 1. The van der Waals surface area contributed by atoms with Crippen LogP contribution in [0.25, 0.3) is 5.69 Å². The summed E-state index contributed by atoms with van der Waals surface area (Å²) in [5.74, 6) is 0.614. The molecule has 1 aromatic heterocycles. The summed E-state index contributed by atoms with van der Waals surface area (Å²) < 4.78 is 8.37. The van der Waals surface area contributed by atoms with Crippen LogP contribution >= 0.6 is 15.9 Å². The molecule has 0 saturated carbocycles. The van der Waals surface area contributed by atoms with Crippen LogP contribution in [0.3, 0.4) is 0 Å². The van der Waals surface area contributed by atoms with E-state index in [0.29, 0.717) is 12.4 Å². The first-order chi connectivity index (χ1) is 8.25. The van der Waals surface area contributed by atoms with Crippen LogP contribution in [-0.4, -0.2) is 16.4 Å². The summed E-state index contributed by atoms with van der Waals surface area (Å²) in [5.41, 5.74) is 9.12. The fourth-order valence-corrected chi connectivity index (χ4v) is 2.48. The third kappa shape index (κ3) is 1.85. The minimum Gasteiger partial charge on any atom is -0.382 e. The van der Waals surface area contributed by atoms with Crippen molar-refractivity contribution in [2.24, 2.45) is 0 Å². The summed E-state index contributed by atoms with van der Waals surface area (Å²) in [5, 5.41) is 4.40. The minimum absolute atomic E-state index is 0.575. The van der Waals surface area contributed by atoms with Crippen molar-refractivity contribution in [3.63, 3.8) is 0 Å². The van der Waals surface area contributed by atoms with Crippen LogP contribution in [0.2, 0.25) is 0 Å². The molecule has 0 fully saturated rings. The summed E-state index contributed by atoms with van der Waals surface area (Å²) in [6, 6.07) is 7.99. The molecule has 0 saturated heterocycles. The lowest BCUT2D eigenvalue weighted by Crippen LogP contribution is -2.12. The molecule has 3 rings (SSSR count). The molecule has 0 unspecified atom stereocenters. The zero-order valence-corrected chi connectivity index (χ0v) is 10.8. The standard InChI is InChI=1S/C12H12BrN3O/c13-8-2-1-3-9(6-8)16-11-7-17-5-4-10(11)12(14)15-16/h1-3,6H,4-5,7H2,(H2,14,15). The Balaban J connectivity index is 2.15. The van der Waals surface area contributed by atoms with Gasteiger partial charge >= 0.3 is 0 Å². The Morgan fingerprint density at radius 2 is 2.29 bits per heavy atom. The Bertz CT molecular complexity index is 565. The smallest absolute Gasteiger partial charge is 0.149 e. The zero-order valence-electron chi connectivity index (χ0n) is 9.19. The predicted octanol–water partition coefficient (Wildman–Crippen LogP) is 2.29. The molecule has 0 bridgehead atoms. The molecule has 2 aromatic rings. The Hall–Kier alpha value is -1.33. The minimum atomic E-state index is 0.575. The van der Waals surface area contributed by atoms with Gasteiger partial charge in [0.25, 0.3) is 0 Å². The predicted molar refractivity (Wildman–Crippen MR) is 69.0 cm³/mol. The molecule has 2 heterocycles. The van der Waals surface area contributed by atoms with Crippen LogP contribution in [0.4, 0.5) is 5.82 Å². The van der Waals surface area contributed by atoms with Gasteiger partial charge in [-0.15, -0.1) is 0 Å². The number of fused-ring (bicyclic) bond motifs is 1. The number of hydrogen-bond acceptors (Lipinski definition) is 3. The van der Waals surface area contributed by atoms with Crippen molar-refractivity contribution >= 4 is 21.7 Å². The molecule has 1 aromatic carbocycles. The van der Waals surface area contributed by atoms with Crippen molar-refractivity contribution in [2.75, 3.05) is 12.3 Å². The molecule has 5 heteroatoms. The third-order valence-electron chi connectivity index (χ3n) is 2.91. The van der Waals surface area contributed by atoms with Gasteiger partial charge < -0.3 is 10.5 Å². The van der Waals surface area contributed by atoms with E-state index in [1.807, 2.05) is 28.9 Å². The number of halogens is 1. The highest BCUT2D eigenvalue weighted by Crippen LogP contribution is 2.26. The lowest BCUT2D eigenvalue weighted by molar-refractivity contribution is 0.106. The van der Waals surface area contributed by atoms with Crippen LogP contribution in [0.1, 0.15) is 11.3 Å². The highest BCUT2D eigenvalue weighted by Gasteiger charge is 2.20. The lowest BCUT2D eigenvalue weighted by Gasteiger charge is -2.14. The molecular formula is C12H12BrN3O. The van der Waals surface area contributed by atoms with Crippen molar-refractivity contribution in [1.29, 1.82) is 0 Å². The first-order valence-electron chi connectivity index (χ1n) is 5.45. The number of nitrogens with zero attached hydrogens (tertiary/aromatic N) is 2. The SMILES string of the molecule is Nc1nn(-c2cccc(Br)c2)c2c1CCOC2. The van der Waals surface area contributed by atoms with Gasteiger partial charge in [0, 0.05) is 16.5 Å². The van der Waals surface area contributed by atoms with Crippen molar-refractivity contribution in [1.82, 2.24) is 9.78 Å². The van der Waals surface area contributed by atoms with Gasteiger partial charge in [-0.1, -0.05) is 22.0 Å². The first-order valence-corrected chi connectivity index (χ1v) is 6.25. The van der Waals surface area contributed by atoms with Gasteiger partial charge in [0.2, 0.25) is 0 Å². The maximum absolute atomic E-state index is 5.94. The molecule has 1 aliphatic rings. The molecular weight excluding hydrogens is 282 g/mol. The first kappa shape index (κ1) is 10.8. The topological polar surface area (TPSA) is 53.1 Å². The van der Waals surface area contributed by atoms with Crippen LogP contribution in [0, 0.1) is 0 Å². The molecule has 0 spiro atoms. The number of benzene rings is 1. The molecule has 2 N–H and O–H groups in total. The molecule has 88 valence electrons. The molecule has 17 heavy (non-hydrogen) atoms. The molecule has 0 amide bonds. The third-order valence-corrected chi connectivity index (χ3v) is 3.40. The van der Waals surface area contributed by atoms with Gasteiger partial charge in [-0.2, -0.15) is 5.10 Å². The second kappa shape index (κ2) is 4.16. The number of nitrogen functional groups attached to an aromatic ring is 1. The van der Waals surface area contributed by atoms with Gasteiger partial charge in [0.15, 0.2) is 0 Å². The molecule has 1 aliphatic heterocycles. The highest BCUT2D eigenvalue weighted by atomic mass is 79.9. The van der Waals surface area contributed by atoms with E-state index in [9.17, 15) is 0 Å². The monoisotopic (exact) mass is 293 g/mol. The van der Waals surface area contributed by atoms with Crippen molar-refractivity contribution < 1.29 is 4.74 Å². The molecule has 4 nitrogen and oxygen atoms in total. The number of nitrogens with two attached hydrogens (primary N) is 1. The summed E-state index contributed by atoms with van der Waals surface area (Å²) in [6.45, 7) is 1.30. The van der Waals surface area contributed by atoms with E-state index in [-0.39, 0.29) is 0 Å². The quantitative estimate of drug-likeness (QED) is 0.878. The van der Waals surface area contributed by atoms with E-state index in [2.05, 4.69) is 21.0 Å². The summed E-state index contributed by atoms with van der Waals surface area (Å²) in [6.07, 6.45) is 0.842. The van der Waals surface area contributed by atoms with Gasteiger partial charge in [-0.3, -0.25) is 0 Å². The Morgan fingerprint density at radius 1 is 1.41 bits per heavy atom. The Labute approximate surface area is 108 Å². The van der Waals surface area contributed by atoms with E-state index in [1.54, 1.807) is 0 Å². The average molecular weight is 294 g/mol. The fourth-order valence-electron chi connectivity index (χ4n) is 2.09. The number of rotatable bonds is 1. The fraction of sp³-hybridized carbons (Fsp3) is 0.250. The Morgan fingerprint density at radius 3 is 3.12 bits per heavy atom. The van der Waals surface area contributed by atoms with E-state index >= 15 is 0 Å². The number of anilines is 1. The molecule has 0 atom stereocenters. The van der Waals surface area contributed by atoms with E-state index < -0.39 is 0 Å². The lowest BCUT2D eigenvalue weighted by atomic mass is 10.1. The number of aromatic nitrogens is 2. The summed E-state index contributed by atoms with van der Waals surface area (Å²) >= 11 is 3.46. The van der Waals surface area contributed by atoms with Crippen LogP contribution in [0.5, 0.6) is 0 Å².